The highest BCUT2D eigenvalue weighted by atomic mass is 16.1. The maximum atomic E-state index is 12.1. The number of allylic oxidation sites excluding steroid dienone is 1. The van der Waals surface area contributed by atoms with E-state index in [2.05, 4.69) is 15.5 Å². The number of hydrogen-bond donors (Lipinski definition) is 1. The quantitative estimate of drug-likeness (QED) is 0.329. The van der Waals surface area contributed by atoms with Crippen molar-refractivity contribution in [2.75, 3.05) is 5.32 Å². The number of ketones is 1. The first-order chi connectivity index (χ1) is 12.7. The van der Waals surface area contributed by atoms with Crippen LogP contribution in [0.25, 0.3) is 0 Å². The van der Waals surface area contributed by atoms with E-state index in [-0.39, 0.29) is 5.78 Å². The van der Waals surface area contributed by atoms with Crippen molar-refractivity contribution in [2.45, 2.75) is 6.92 Å². The Kier molecular flexibility index (Phi) is 5.68. The van der Waals surface area contributed by atoms with Gasteiger partial charge in [0.15, 0.2) is 5.78 Å². The topological polar surface area (TPSA) is 53.8 Å². The van der Waals surface area contributed by atoms with E-state index in [0.29, 0.717) is 5.56 Å². The average Bonchev–Trinajstić information content (AvgIpc) is 2.68. The van der Waals surface area contributed by atoms with Crippen LogP contribution in [0, 0.1) is 6.92 Å². The van der Waals surface area contributed by atoms with Gasteiger partial charge in [0.25, 0.3) is 0 Å². The number of nitrogens with one attached hydrogen (secondary N) is 1. The molecule has 0 heterocycles. The van der Waals surface area contributed by atoms with Crippen LogP contribution in [-0.4, -0.2) is 5.78 Å². The van der Waals surface area contributed by atoms with Gasteiger partial charge in [0, 0.05) is 23.5 Å². The Bertz CT molecular complexity index is 912. The maximum absolute atomic E-state index is 12.1. The molecule has 1 N–H and O–H groups in total. The lowest BCUT2D eigenvalue weighted by atomic mass is 10.1. The lowest BCUT2D eigenvalue weighted by Gasteiger charge is -2.01. The van der Waals surface area contributed by atoms with Crippen molar-refractivity contribution in [3.63, 3.8) is 0 Å². The van der Waals surface area contributed by atoms with Crippen LogP contribution in [0.15, 0.2) is 101 Å². The fourth-order valence-electron chi connectivity index (χ4n) is 2.26. The summed E-state index contributed by atoms with van der Waals surface area (Å²) >= 11 is 0. The lowest BCUT2D eigenvalue weighted by Crippen LogP contribution is -1.96. The number of rotatable bonds is 6. The van der Waals surface area contributed by atoms with E-state index in [1.807, 2.05) is 85.8 Å². The molecular formula is C22H19N3O. The number of nitrogens with zero attached hydrogens (tertiary/aromatic N) is 2. The highest BCUT2D eigenvalue weighted by Crippen LogP contribution is 2.20. The minimum Gasteiger partial charge on any atom is -0.362 e. The van der Waals surface area contributed by atoms with E-state index in [9.17, 15) is 4.79 Å². The van der Waals surface area contributed by atoms with Gasteiger partial charge in [-0.25, -0.2) is 0 Å². The van der Waals surface area contributed by atoms with Crippen LogP contribution in [0.3, 0.4) is 0 Å². The zero-order chi connectivity index (χ0) is 18.2. The van der Waals surface area contributed by atoms with Crippen LogP contribution >= 0.6 is 0 Å². The molecule has 0 saturated heterocycles. The van der Waals surface area contributed by atoms with E-state index in [4.69, 9.17) is 0 Å². The van der Waals surface area contributed by atoms with Gasteiger partial charge in [0.05, 0.1) is 11.4 Å². The molecule has 0 bridgehead atoms. The molecule has 0 aromatic heterocycles. The molecule has 4 heteroatoms. The molecule has 0 aliphatic heterocycles. The third-order valence-electron chi connectivity index (χ3n) is 3.73. The molecule has 0 aliphatic carbocycles. The SMILES string of the molecule is Cc1ccc(C(=O)/C=C/Nc2ccc(N=Nc3ccccc3)cc2)cc1. The molecule has 128 valence electrons. The Morgan fingerprint density at radius 1 is 0.808 bits per heavy atom. The van der Waals surface area contributed by atoms with Crippen LogP contribution in [0.2, 0.25) is 0 Å². The fraction of sp³-hybridized carbons (Fsp3) is 0.0455. The van der Waals surface area contributed by atoms with Gasteiger partial charge >= 0.3 is 0 Å². The largest absolute Gasteiger partial charge is 0.362 e. The smallest absolute Gasteiger partial charge is 0.187 e. The van der Waals surface area contributed by atoms with Gasteiger partial charge in [0.1, 0.15) is 0 Å². The second kappa shape index (κ2) is 8.53. The summed E-state index contributed by atoms with van der Waals surface area (Å²) in [6.45, 7) is 1.99. The number of carbonyl (C=O) groups excluding carboxylic acids is 1. The van der Waals surface area contributed by atoms with E-state index < -0.39 is 0 Å². The third kappa shape index (κ3) is 4.98. The first-order valence-corrected chi connectivity index (χ1v) is 8.32. The normalized spacial score (nSPS) is 11.1. The highest BCUT2D eigenvalue weighted by Gasteiger charge is 2.00. The zero-order valence-electron chi connectivity index (χ0n) is 14.5. The summed E-state index contributed by atoms with van der Waals surface area (Å²) in [5, 5.41) is 11.5. The molecule has 0 aliphatic rings. The summed E-state index contributed by atoms with van der Waals surface area (Å²) < 4.78 is 0. The molecule has 0 amide bonds. The van der Waals surface area contributed by atoms with Gasteiger partial charge < -0.3 is 5.32 Å². The van der Waals surface area contributed by atoms with E-state index in [0.717, 1.165) is 22.6 Å². The minimum absolute atomic E-state index is 0.0363. The Balaban J connectivity index is 1.56. The second-order valence-corrected chi connectivity index (χ2v) is 5.79. The summed E-state index contributed by atoms with van der Waals surface area (Å²) in [6, 6.07) is 24.6. The van der Waals surface area contributed by atoms with Crippen molar-refractivity contribution in [3.05, 3.63) is 102 Å². The minimum atomic E-state index is -0.0363. The van der Waals surface area contributed by atoms with Gasteiger partial charge in [-0.1, -0.05) is 48.0 Å². The van der Waals surface area contributed by atoms with Gasteiger partial charge in [-0.3, -0.25) is 4.79 Å². The molecule has 3 aromatic carbocycles. The van der Waals surface area contributed by atoms with E-state index in [1.165, 1.54) is 6.08 Å². The number of aryl methyl sites for hydroxylation is 1. The number of carbonyl (C=O) groups is 1. The number of hydrogen-bond acceptors (Lipinski definition) is 4. The molecule has 0 radical (unpaired) electrons. The summed E-state index contributed by atoms with van der Waals surface area (Å²) in [5.41, 5.74) is 4.25. The fourth-order valence-corrected chi connectivity index (χ4v) is 2.26. The summed E-state index contributed by atoms with van der Waals surface area (Å²) in [5.74, 6) is -0.0363. The Morgan fingerprint density at radius 2 is 1.42 bits per heavy atom. The highest BCUT2D eigenvalue weighted by molar-refractivity contribution is 6.04. The predicted octanol–water partition coefficient (Wildman–Crippen LogP) is 6.22. The molecular weight excluding hydrogens is 322 g/mol. The van der Waals surface area contributed by atoms with E-state index >= 15 is 0 Å². The second-order valence-electron chi connectivity index (χ2n) is 5.79. The predicted molar refractivity (Wildman–Crippen MR) is 105 cm³/mol. The van der Waals surface area contributed by atoms with Crippen molar-refractivity contribution in [3.8, 4) is 0 Å². The molecule has 0 saturated carbocycles. The molecule has 0 fully saturated rings. The standard InChI is InChI=1S/C22H19N3O/c1-17-7-9-18(10-8-17)22(26)15-16-23-19-11-13-21(14-12-19)25-24-20-5-3-2-4-6-20/h2-16,23H,1H3/b16-15+,25-24?. The summed E-state index contributed by atoms with van der Waals surface area (Å²) in [7, 11) is 0. The molecule has 3 aromatic rings. The third-order valence-corrected chi connectivity index (χ3v) is 3.73. The number of anilines is 1. The molecule has 3 rings (SSSR count). The summed E-state index contributed by atoms with van der Waals surface area (Å²) in [6.07, 6.45) is 3.16. The van der Waals surface area contributed by atoms with Crippen molar-refractivity contribution in [2.24, 2.45) is 10.2 Å². The Hall–Kier alpha value is -3.53. The molecule has 0 atom stereocenters. The van der Waals surface area contributed by atoms with Crippen LogP contribution in [0.1, 0.15) is 15.9 Å². The number of benzene rings is 3. The average molecular weight is 341 g/mol. The lowest BCUT2D eigenvalue weighted by molar-refractivity contribution is 0.104. The van der Waals surface area contributed by atoms with Crippen molar-refractivity contribution < 1.29 is 4.79 Å². The van der Waals surface area contributed by atoms with Crippen LogP contribution in [-0.2, 0) is 0 Å². The first-order valence-electron chi connectivity index (χ1n) is 8.32. The van der Waals surface area contributed by atoms with Crippen LogP contribution in [0.5, 0.6) is 0 Å². The monoisotopic (exact) mass is 341 g/mol. The zero-order valence-corrected chi connectivity index (χ0v) is 14.5. The molecule has 26 heavy (non-hydrogen) atoms. The van der Waals surface area contributed by atoms with Crippen molar-refractivity contribution >= 4 is 22.8 Å². The first kappa shape index (κ1) is 17.3. The number of azo groups is 1. The van der Waals surface area contributed by atoms with Crippen LogP contribution in [0.4, 0.5) is 17.1 Å². The Morgan fingerprint density at radius 3 is 2.08 bits per heavy atom. The van der Waals surface area contributed by atoms with E-state index in [1.54, 1.807) is 6.20 Å². The van der Waals surface area contributed by atoms with Gasteiger partial charge in [-0.15, -0.1) is 0 Å². The van der Waals surface area contributed by atoms with Gasteiger partial charge in [-0.2, -0.15) is 10.2 Å². The Labute approximate surface area is 152 Å². The molecule has 0 unspecified atom stereocenters. The van der Waals surface area contributed by atoms with Gasteiger partial charge in [-0.05, 0) is 43.3 Å². The maximum Gasteiger partial charge on any atom is 0.187 e. The van der Waals surface area contributed by atoms with Crippen molar-refractivity contribution in [1.29, 1.82) is 0 Å². The van der Waals surface area contributed by atoms with Crippen molar-refractivity contribution in [1.82, 2.24) is 0 Å². The molecule has 4 nitrogen and oxygen atoms in total. The van der Waals surface area contributed by atoms with Crippen LogP contribution < -0.4 is 5.32 Å². The van der Waals surface area contributed by atoms with Gasteiger partial charge in [0.2, 0.25) is 0 Å². The molecule has 0 spiro atoms. The summed E-state index contributed by atoms with van der Waals surface area (Å²) in [4.78, 5) is 12.1.